The van der Waals surface area contributed by atoms with Gasteiger partial charge in [0.1, 0.15) is 6.33 Å². The molecule has 0 unspecified atom stereocenters. The number of nitrogens with two attached hydrogens (primary N) is 1. The van der Waals surface area contributed by atoms with Crippen molar-refractivity contribution < 1.29 is 4.92 Å². The largest absolute Gasteiger partial charge is 0.378 e. The summed E-state index contributed by atoms with van der Waals surface area (Å²) in [7, 11) is 0. The molecule has 7 heteroatoms. The molecule has 0 aromatic carbocycles. The normalized spacial score (nSPS) is 30.4. The maximum absolute atomic E-state index is 11.3. The maximum atomic E-state index is 11.3. The number of nitrogens with zero attached hydrogens (tertiary/aromatic N) is 4. The first-order valence-corrected chi connectivity index (χ1v) is 7.22. The molecule has 2 aliphatic rings. The van der Waals surface area contributed by atoms with E-state index < -0.39 is 4.92 Å². The predicted octanol–water partition coefficient (Wildman–Crippen LogP) is 2.37. The van der Waals surface area contributed by atoms with Crippen molar-refractivity contribution >= 4 is 17.3 Å². The molecule has 7 nitrogen and oxygen atoms in total. The Morgan fingerprint density at radius 3 is 2.76 bits per heavy atom. The van der Waals surface area contributed by atoms with Gasteiger partial charge in [-0.2, -0.15) is 0 Å². The van der Waals surface area contributed by atoms with Gasteiger partial charge in [0.15, 0.2) is 0 Å². The van der Waals surface area contributed by atoms with Crippen LogP contribution in [0.5, 0.6) is 0 Å². The van der Waals surface area contributed by atoms with Crippen molar-refractivity contribution in [3.8, 4) is 0 Å². The van der Waals surface area contributed by atoms with Gasteiger partial charge >= 0.3 is 5.69 Å². The minimum absolute atomic E-state index is 0.0594. The van der Waals surface area contributed by atoms with Crippen LogP contribution >= 0.6 is 0 Å². The van der Waals surface area contributed by atoms with Gasteiger partial charge in [-0.25, -0.2) is 9.97 Å². The van der Waals surface area contributed by atoms with Crippen LogP contribution in [-0.2, 0) is 0 Å². The van der Waals surface area contributed by atoms with Crippen molar-refractivity contribution in [1.82, 2.24) is 9.97 Å². The first-order chi connectivity index (χ1) is 9.71. The number of hydrogen-bond acceptors (Lipinski definition) is 6. The summed E-state index contributed by atoms with van der Waals surface area (Å²) in [4.78, 5) is 20.9. The van der Waals surface area contributed by atoms with Crippen LogP contribution in [0.15, 0.2) is 6.33 Å². The zero-order valence-corrected chi connectivity index (χ0v) is 12.7. The standard InChI is InChI=1S/C14H21N5O2/c1-13(2)4-9-5-14(3,6-13)7-18(9)12-10(19(20)21)11(15)16-8-17-12/h8-9H,4-7H2,1-3H3,(H2,15,16,17)/t9-,14+/m0/s1. The fourth-order valence-corrected chi connectivity index (χ4v) is 4.48. The van der Waals surface area contributed by atoms with Crippen molar-refractivity contribution in [2.75, 3.05) is 17.2 Å². The van der Waals surface area contributed by atoms with Gasteiger partial charge in [-0.1, -0.05) is 20.8 Å². The van der Waals surface area contributed by atoms with E-state index in [4.69, 9.17) is 5.73 Å². The minimum atomic E-state index is -0.472. The van der Waals surface area contributed by atoms with Gasteiger partial charge in [0.05, 0.1) is 4.92 Å². The van der Waals surface area contributed by atoms with E-state index in [0.29, 0.717) is 5.82 Å². The first kappa shape index (κ1) is 14.0. The van der Waals surface area contributed by atoms with E-state index in [9.17, 15) is 10.1 Å². The summed E-state index contributed by atoms with van der Waals surface area (Å²) in [5.74, 6) is 0.315. The molecule has 1 aromatic heterocycles. The molecule has 1 aliphatic carbocycles. The second-order valence-corrected chi connectivity index (χ2v) is 7.53. The second-order valence-electron chi connectivity index (χ2n) is 7.53. The Labute approximate surface area is 123 Å². The van der Waals surface area contributed by atoms with Crippen molar-refractivity contribution in [2.45, 2.75) is 46.1 Å². The fraction of sp³-hybridized carbons (Fsp3) is 0.714. The molecule has 2 N–H and O–H groups in total. The molecule has 2 bridgehead atoms. The number of hydrogen-bond donors (Lipinski definition) is 1. The molecule has 2 fully saturated rings. The van der Waals surface area contributed by atoms with Gasteiger partial charge in [0.2, 0.25) is 11.6 Å². The molecule has 3 rings (SSSR count). The Morgan fingerprint density at radius 1 is 1.38 bits per heavy atom. The summed E-state index contributed by atoms with van der Waals surface area (Å²) >= 11 is 0. The Kier molecular flexibility index (Phi) is 2.86. The van der Waals surface area contributed by atoms with Crippen molar-refractivity contribution in [1.29, 1.82) is 0 Å². The van der Waals surface area contributed by atoms with Crippen molar-refractivity contribution in [2.24, 2.45) is 10.8 Å². The lowest BCUT2D eigenvalue weighted by Gasteiger charge is -2.39. The minimum Gasteiger partial charge on any atom is -0.378 e. The maximum Gasteiger partial charge on any atom is 0.353 e. The highest BCUT2D eigenvalue weighted by Crippen LogP contribution is 2.54. The van der Waals surface area contributed by atoms with E-state index in [-0.39, 0.29) is 28.4 Å². The molecule has 1 aliphatic heterocycles. The second kappa shape index (κ2) is 4.29. The molecule has 1 aromatic rings. The highest BCUT2D eigenvalue weighted by Gasteiger charge is 2.51. The van der Waals surface area contributed by atoms with Crippen LogP contribution in [-0.4, -0.2) is 27.5 Å². The van der Waals surface area contributed by atoms with Crippen LogP contribution in [0.3, 0.4) is 0 Å². The van der Waals surface area contributed by atoms with E-state index in [1.54, 1.807) is 0 Å². The molecule has 1 saturated carbocycles. The van der Waals surface area contributed by atoms with E-state index in [2.05, 4.69) is 35.6 Å². The van der Waals surface area contributed by atoms with Crippen LogP contribution in [0.4, 0.5) is 17.3 Å². The van der Waals surface area contributed by atoms with Crippen LogP contribution in [0.2, 0.25) is 0 Å². The van der Waals surface area contributed by atoms with Crippen LogP contribution in [0.1, 0.15) is 40.0 Å². The van der Waals surface area contributed by atoms with Crippen LogP contribution in [0, 0.1) is 20.9 Å². The van der Waals surface area contributed by atoms with Crippen LogP contribution < -0.4 is 10.6 Å². The number of nitro groups is 1. The Bertz CT molecular complexity index is 603. The molecule has 0 amide bonds. The number of anilines is 2. The average Bonchev–Trinajstić information content (AvgIpc) is 2.57. The van der Waals surface area contributed by atoms with Gasteiger partial charge < -0.3 is 10.6 Å². The number of aromatic nitrogens is 2. The Morgan fingerprint density at radius 2 is 2.10 bits per heavy atom. The smallest absolute Gasteiger partial charge is 0.353 e. The highest BCUT2D eigenvalue weighted by atomic mass is 16.6. The summed E-state index contributed by atoms with van der Waals surface area (Å²) in [5, 5.41) is 11.3. The Hall–Kier alpha value is -1.92. The predicted molar refractivity (Wildman–Crippen MR) is 80.0 cm³/mol. The molecular weight excluding hydrogens is 270 g/mol. The molecular formula is C14H21N5O2. The summed E-state index contributed by atoms with van der Waals surface area (Å²) in [5.41, 5.74) is 5.96. The van der Waals surface area contributed by atoms with E-state index in [1.807, 2.05) is 0 Å². The van der Waals surface area contributed by atoms with Gasteiger partial charge in [-0.15, -0.1) is 0 Å². The number of rotatable bonds is 2. The zero-order chi connectivity index (χ0) is 15.4. The number of fused-ring (bicyclic) bond motifs is 2. The van der Waals surface area contributed by atoms with Gasteiger partial charge in [-0.3, -0.25) is 10.1 Å². The lowest BCUT2D eigenvalue weighted by Crippen LogP contribution is -2.35. The van der Waals surface area contributed by atoms with Crippen molar-refractivity contribution in [3.05, 3.63) is 16.4 Å². The van der Waals surface area contributed by atoms with Gasteiger partial charge in [-0.05, 0) is 30.1 Å². The highest BCUT2D eigenvalue weighted by molar-refractivity contribution is 5.69. The molecule has 21 heavy (non-hydrogen) atoms. The third kappa shape index (κ3) is 2.30. The summed E-state index contributed by atoms with van der Waals surface area (Å²) in [6.45, 7) is 7.59. The third-order valence-electron chi connectivity index (χ3n) is 4.70. The molecule has 0 spiro atoms. The van der Waals surface area contributed by atoms with E-state index in [1.165, 1.54) is 6.33 Å². The zero-order valence-electron chi connectivity index (χ0n) is 12.7. The quantitative estimate of drug-likeness (QED) is 0.663. The summed E-state index contributed by atoms with van der Waals surface area (Å²) in [6, 6.07) is 0.284. The van der Waals surface area contributed by atoms with E-state index in [0.717, 1.165) is 25.8 Å². The number of nitrogen functional groups attached to an aromatic ring is 1. The van der Waals surface area contributed by atoms with Crippen molar-refractivity contribution in [3.63, 3.8) is 0 Å². The Balaban J connectivity index is 2.04. The third-order valence-corrected chi connectivity index (χ3v) is 4.70. The molecule has 2 atom stereocenters. The lowest BCUT2D eigenvalue weighted by molar-refractivity contribution is -0.383. The summed E-state index contributed by atoms with van der Waals surface area (Å²) in [6.07, 6.45) is 4.51. The lowest BCUT2D eigenvalue weighted by atomic mass is 9.65. The topological polar surface area (TPSA) is 98.2 Å². The monoisotopic (exact) mass is 291 g/mol. The van der Waals surface area contributed by atoms with Gasteiger partial charge in [0, 0.05) is 12.6 Å². The van der Waals surface area contributed by atoms with E-state index >= 15 is 0 Å². The SMILES string of the molecule is CC1(C)C[C@H]2C[C@@](C)(CN2c2ncnc(N)c2[N+](=O)[O-])C1. The fourth-order valence-electron chi connectivity index (χ4n) is 4.48. The average molecular weight is 291 g/mol. The summed E-state index contributed by atoms with van der Waals surface area (Å²) < 4.78 is 0. The first-order valence-electron chi connectivity index (χ1n) is 7.22. The molecule has 2 heterocycles. The van der Waals surface area contributed by atoms with Gasteiger partial charge in [0.25, 0.3) is 0 Å². The molecule has 114 valence electrons. The molecule has 0 radical (unpaired) electrons. The molecule has 1 saturated heterocycles. The van der Waals surface area contributed by atoms with Crippen LogP contribution in [0.25, 0.3) is 0 Å².